The van der Waals surface area contributed by atoms with E-state index in [0.717, 1.165) is 54.6 Å². The van der Waals surface area contributed by atoms with Crippen LogP contribution in [0.4, 0.5) is 0 Å². The van der Waals surface area contributed by atoms with Gasteiger partial charge < -0.3 is 19.4 Å². The highest BCUT2D eigenvalue weighted by Crippen LogP contribution is 2.35. The highest BCUT2D eigenvalue weighted by atomic mass is 16.5. The molecule has 36 heavy (non-hydrogen) atoms. The fourth-order valence-electron chi connectivity index (χ4n) is 5.46. The maximum atomic E-state index is 14.0. The molecule has 2 amide bonds. The van der Waals surface area contributed by atoms with Gasteiger partial charge in [-0.15, -0.1) is 0 Å². The normalized spacial score (nSPS) is 20.4. The van der Waals surface area contributed by atoms with E-state index in [9.17, 15) is 9.59 Å². The van der Waals surface area contributed by atoms with Gasteiger partial charge in [0.25, 0.3) is 0 Å². The Morgan fingerprint density at radius 1 is 1.11 bits per heavy atom. The van der Waals surface area contributed by atoms with Gasteiger partial charge in [-0.1, -0.05) is 44.2 Å². The molecule has 1 aromatic carbocycles. The molecular formula is C29H36N4O3. The largest absolute Gasteiger partial charge is 0.381 e. The highest BCUT2D eigenvalue weighted by Gasteiger charge is 2.40. The Balaban J connectivity index is 1.44. The fourth-order valence-corrected chi connectivity index (χ4v) is 5.46. The molecule has 2 aliphatic heterocycles. The van der Waals surface area contributed by atoms with Gasteiger partial charge in [0.15, 0.2) is 0 Å². The zero-order valence-electron chi connectivity index (χ0n) is 21.2. The number of hydrogen-bond acceptors (Lipinski definition) is 4. The second kappa shape index (κ2) is 10.8. The summed E-state index contributed by atoms with van der Waals surface area (Å²) in [6, 6.07) is 13.8. The van der Waals surface area contributed by atoms with Crippen molar-refractivity contribution in [3.8, 4) is 11.1 Å². The molecule has 1 N–H and O–H groups in total. The highest BCUT2D eigenvalue weighted by molar-refractivity contribution is 5.89. The van der Waals surface area contributed by atoms with Crippen LogP contribution < -0.4 is 5.32 Å². The molecule has 3 atom stereocenters. The molecule has 0 bridgehead atoms. The van der Waals surface area contributed by atoms with Crippen LogP contribution in [0.3, 0.4) is 0 Å². The third-order valence-corrected chi connectivity index (χ3v) is 7.82. The summed E-state index contributed by atoms with van der Waals surface area (Å²) in [5.41, 5.74) is 3.99. The van der Waals surface area contributed by atoms with Gasteiger partial charge in [0.05, 0.1) is 11.7 Å². The lowest BCUT2D eigenvalue weighted by molar-refractivity contribution is -0.140. The predicted molar refractivity (Wildman–Crippen MR) is 139 cm³/mol. The summed E-state index contributed by atoms with van der Waals surface area (Å²) < 4.78 is 7.60. The van der Waals surface area contributed by atoms with Gasteiger partial charge in [-0.25, -0.2) is 4.98 Å². The molecule has 190 valence electrons. The Kier molecular flexibility index (Phi) is 7.37. The fraction of sp³-hybridized carbons (Fsp3) is 0.483. The summed E-state index contributed by atoms with van der Waals surface area (Å²) >= 11 is 0. The number of amides is 2. The van der Waals surface area contributed by atoms with Crippen LogP contribution >= 0.6 is 0 Å². The number of ether oxygens (including phenoxy) is 1. The van der Waals surface area contributed by atoms with E-state index in [1.807, 2.05) is 49.2 Å². The number of imidazole rings is 1. The minimum Gasteiger partial charge on any atom is -0.381 e. The van der Waals surface area contributed by atoms with E-state index in [2.05, 4.69) is 34.1 Å². The number of aromatic nitrogens is 2. The molecule has 2 fully saturated rings. The van der Waals surface area contributed by atoms with Crippen molar-refractivity contribution in [3.63, 3.8) is 0 Å². The molecule has 0 spiro atoms. The van der Waals surface area contributed by atoms with Crippen molar-refractivity contribution < 1.29 is 14.3 Å². The predicted octanol–water partition coefficient (Wildman–Crippen LogP) is 4.62. The topological polar surface area (TPSA) is 75.9 Å². The van der Waals surface area contributed by atoms with E-state index in [4.69, 9.17) is 9.72 Å². The first-order chi connectivity index (χ1) is 17.6. The lowest BCUT2D eigenvalue weighted by Gasteiger charge is -2.35. The number of benzene rings is 1. The van der Waals surface area contributed by atoms with Gasteiger partial charge >= 0.3 is 0 Å². The number of pyridine rings is 1. The van der Waals surface area contributed by atoms with E-state index >= 15 is 0 Å². The minimum absolute atomic E-state index is 0.0152. The van der Waals surface area contributed by atoms with Crippen molar-refractivity contribution >= 4 is 17.5 Å². The Bertz CT molecular complexity index is 1200. The second-order valence-corrected chi connectivity index (χ2v) is 10.1. The van der Waals surface area contributed by atoms with Gasteiger partial charge in [-0.05, 0) is 55.7 Å². The Morgan fingerprint density at radius 2 is 1.89 bits per heavy atom. The quantitative estimate of drug-likeness (QED) is 0.527. The van der Waals surface area contributed by atoms with Crippen LogP contribution in [0.25, 0.3) is 16.8 Å². The molecule has 0 radical (unpaired) electrons. The number of nitrogens with zero attached hydrogens (tertiary/aromatic N) is 3. The van der Waals surface area contributed by atoms with Gasteiger partial charge in [-0.2, -0.15) is 0 Å². The molecular weight excluding hydrogens is 452 g/mol. The smallest absolute Gasteiger partial charge is 0.246 e. The second-order valence-electron chi connectivity index (χ2n) is 10.1. The molecule has 4 heterocycles. The Morgan fingerprint density at radius 3 is 2.64 bits per heavy atom. The third kappa shape index (κ3) is 4.89. The van der Waals surface area contributed by atoms with Crippen LogP contribution in [0.5, 0.6) is 0 Å². The van der Waals surface area contributed by atoms with Crippen molar-refractivity contribution in [2.45, 2.75) is 58.0 Å². The molecule has 7 nitrogen and oxygen atoms in total. The number of carbonyl (C=O) groups excluding carboxylic acids is 2. The molecule has 2 aliphatic rings. The molecule has 0 aliphatic carbocycles. The lowest BCUT2D eigenvalue weighted by atomic mass is 9.90. The summed E-state index contributed by atoms with van der Waals surface area (Å²) in [6.07, 6.45) is 8.17. The number of nitrogens with one attached hydrogen (secondary N) is 1. The summed E-state index contributed by atoms with van der Waals surface area (Å²) in [4.78, 5) is 33.9. The maximum Gasteiger partial charge on any atom is 0.246 e. The molecule has 0 saturated carbocycles. The van der Waals surface area contributed by atoms with E-state index in [1.165, 1.54) is 0 Å². The van der Waals surface area contributed by atoms with Crippen molar-refractivity contribution in [2.24, 2.45) is 11.8 Å². The van der Waals surface area contributed by atoms with Crippen molar-refractivity contribution in [2.75, 3.05) is 19.8 Å². The Hall–Kier alpha value is -3.19. The summed E-state index contributed by atoms with van der Waals surface area (Å²) in [5, 5.41) is 3.13. The molecule has 0 unspecified atom stereocenters. The maximum absolute atomic E-state index is 14.0. The molecule has 3 aromatic rings. The van der Waals surface area contributed by atoms with Crippen molar-refractivity contribution in [3.05, 3.63) is 60.6 Å². The first-order valence-corrected chi connectivity index (χ1v) is 13.3. The van der Waals surface area contributed by atoms with E-state index < -0.39 is 6.04 Å². The van der Waals surface area contributed by atoms with E-state index in [1.54, 1.807) is 0 Å². The van der Waals surface area contributed by atoms with Crippen LogP contribution in [-0.4, -0.2) is 51.9 Å². The summed E-state index contributed by atoms with van der Waals surface area (Å²) in [5.74, 6) is -0.0599. The number of fused-ring (bicyclic) bond motifs is 1. The van der Waals surface area contributed by atoms with Crippen molar-refractivity contribution in [1.82, 2.24) is 19.6 Å². The number of carbonyl (C=O) groups is 2. The van der Waals surface area contributed by atoms with Crippen molar-refractivity contribution in [1.29, 1.82) is 0 Å². The SMILES string of the molecule is CC[C@@H](C)C(=O)N[C@H](C(=O)N1CCC[C@H]1c1cn2cccc(-c3ccccc3)c2n1)C1CCOCC1. The molecule has 2 aromatic heterocycles. The Labute approximate surface area is 212 Å². The third-order valence-electron chi connectivity index (χ3n) is 7.82. The summed E-state index contributed by atoms with van der Waals surface area (Å²) in [6.45, 7) is 5.86. The van der Waals surface area contributed by atoms with Crippen LogP contribution in [0.2, 0.25) is 0 Å². The van der Waals surface area contributed by atoms with Crippen LogP contribution in [0.15, 0.2) is 54.9 Å². The zero-order chi connectivity index (χ0) is 25.1. The van der Waals surface area contributed by atoms with E-state index in [-0.39, 0.29) is 29.7 Å². The summed E-state index contributed by atoms with van der Waals surface area (Å²) in [7, 11) is 0. The van der Waals surface area contributed by atoms with Gasteiger partial charge in [-0.3, -0.25) is 9.59 Å². The lowest BCUT2D eigenvalue weighted by Crippen LogP contribution is -2.54. The average Bonchev–Trinajstić information content (AvgIpc) is 3.59. The monoisotopic (exact) mass is 488 g/mol. The standard InChI is InChI=1S/C29H36N4O3/c1-3-20(2)28(34)31-26(22-13-17-36-18-14-22)29(35)33-16-8-12-25(33)24-19-32-15-7-11-23(27(32)30-24)21-9-5-4-6-10-21/h4-7,9-11,15,19-20,22,25-26H,3,8,12-14,16-18H2,1-2H3,(H,31,34)/t20-,25+,26+/m1/s1. The number of likely N-dealkylation sites (tertiary alicyclic amines) is 1. The number of hydrogen-bond donors (Lipinski definition) is 1. The van der Waals surface area contributed by atoms with E-state index in [0.29, 0.717) is 19.8 Å². The number of rotatable bonds is 7. The zero-order valence-corrected chi connectivity index (χ0v) is 21.2. The molecule has 2 saturated heterocycles. The van der Waals surface area contributed by atoms with Crippen LogP contribution in [0.1, 0.15) is 57.7 Å². The van der Waals surface area contributed by atoms with Crippen LogP contribution in [-0.2, 0) is 14.3 Å². The van der Waals surface area contributed by atoms with Gasteiger partial charge in [0, 0.05) is 43.6 Å². The van der Waals surface area contributed by atoms with Crippen LogP contribution in [0, 0.1) is 11.8 Å². The van der Waals surface area contributed by atoms with Gasteiger partial charge in [0.1, 0.15) is 11.7 Å². The molecule has 7 heteroatoms. The molecule has 5 rings (SSSR count). The van der Waals surface area contributed by atoms with Gasteiger partial charge in [0.2, 0.25) is 11.8 Å². The minimum atomic E-state index is -0.520. The first kappa shape index (κ1) is 24.5. The first-order valence-electron chi connectivity index (χ1n) is 13.3. The average molecular weight is 489 g/mol.